The Hall–Kier alpha value is -2.74. The normalized spacial score (nSPS) is 16.6. The summed E-state index contributed by atoms with van der Waals surface area (Å²) in [4.78, 5) is 27.9. The Labute approximate surface area is 184 Å². The average molecular weight is 460 g/mol. The number of hydrogen-bond donors (Lipinski definition) is 0. The van der Waals surface area contributed by atoms with Gasteiger partial charge in [-0.05, 0) is 0 Å². The molecule has 0 aliphatic carbocycles. The predicted octanol–water partition coefficient (Wildman–Crippen LogP) is 1.93. The number of likely N-dealkylation sites (tertiary alicyclic amines) is 1. The van der Waals surface area contributed by atoms with Crippen molar-refractivity contribution in [3.05, 3.63) is 77.4 Å². The van der Waals surface area contributed by atoms with E-state index in [0.717, 1.165) is 52.0 Å². The van der Waals surface area contributed by atoms with Gasteiger partial charge in [-0.2, -0.15) is 0 Å². The molecule has 4 rings (SSSR count). The van der Waals surface area contributed by atoms with Crippen LogP contribution in [-0.4, -0.2) is 54.6 Å². The zero-order chi connectivity index (χ0) is 20.9. The molecule has 1 saturated heterocycles. The van der Waals surface area contributed by atoms with Crippen LogP contribution >= 0.6 is 0 Å². The molecule has 2 unspecified atom stereocenters. The Balaban J connectivity index is 1.56. The molecule has 1 fully saturated rings. The van der Waals surface area contributed by atoms with Gasteiger partial charge in [-0.25, -0.2) is 0 Å². The molecule has 1 aliphatic heterocycles. The van der Waals surface area contributed by atoms with E-state index in [1.807, 2.05) is 49.5 Å². The van der Waals surface area contributed by atoms with Gasteiger partial charge in [0.15, 0.2) is 0 Å². The maximum atomic E-state index is 11.8. The monoisotopic (exact) mass is 460 g/mol. The fourth-order valence-corrected chi connectivity index (χ4v) is 6.31. The van der Waals surface area contributed by atoms with Crippen molar-refractivity contribution in [1.82, 2.24) is 19.9 Å². The minimum absolute atomic E-state index is 0.281. The summed E-state index contributed by atoms with van der Waals surface area (Å²) < 4.78 is 2.25. The van der Waals surface area contributed by atoms with Gasteiger partial charge in [-0.1, -0.05) is 0 Å². The van der Waals surface area contributed by atoms with Crippen molar-refractivity contribution in [3.63, 3.8) is 0 Å². The second kappa shape index (κ2) is 9.38. The van der Waals surface area contributed by atoms with Crippen molar-refractivity contribution in [3.8, 4) is 0 Å². The maximum absolute atomic E-state index is 11.8. The van der Waals surface area contributed by atoms with Gasteiger partial charge in [0.05, 0.1) is 0 Å². The van der Waals surface area contributed by atoms with Gasteiger partial charge in [0.25, 0.3) is 0 Å². The van der Waals surface area contributed by atoms with Crippen LogP contribution < -0.4 is 8.96 Å². The number of aromatic nitrogens is 3. The van der Waals surface area contributed by atoms with Crippen LogP contribution in [0.15, 0.2) is 54.7 Å². The number of rotatable bonds is 5. The third-order valence-electron chi connectivity index (χ3n) is 5.33. The Morgan fingerprint density at radius 2 is 1.93 bits per heavy atom. The molecule has 30 heavy (non-hydrogen) atoms. The van der Waals surface area contributed by atoms with E-state index in [-0.39, 0.29) is 5.92 Å². The van der Waals surface area contributed by atoms with Gasteiger partial charge in [0.2, 0.25) is 0 Å². The van der Waals surface area contributed by atoms with E-state index in [4.69, 9.17) is 9.97 Å². The molecule has 0 amide bonds. The third-order valence-corrected chi connectivity index (χ3v) is 7.52. The molecule has 152 valence electrons. The van der Waals surface area contributed by atoms with Crippen molar-refractivity contribution in [2.45, 2.75) is 32.6 Å². The summed E-state index contributed by atoms with van der Waals surface area (Å²) in [6.45, 7) is 5.70. The molecule has 1 aliphatic rings. The SMILES string of the molecule is Cc1ccnc([AsH]c2cc(C3CCCN(C(=C=O)c4ccccc4)C3)nc(C)n2)c1. The molecular weight excluding hydrogens is 435 g/mol. The number of aryl methyl sites for hydroxylation is 2. The first-order valence-electron chi connectivity index (χ1n) is 10.2. The molecule has 0 N–H and O–H groups in total. The van der Waals surface area contributed by atoms with Gasteiger partial charge < -0.3 is 0 Å². The molecule has 6 heteroatoms. The molecule has 3 aromatic rings. The Morgan fingerprint density at radius 3 is 2.70 bits per heavy atom. The zero-order valence-corrected chi connectivity index (χ0v) is 19.4. The van der Waals surface area contributed by atoms with Crippen LogP contribution in [0.1, 0.15) is 41.4 Å². The van der Waals surface area contributed by atoms with E-state index in [1.54, 1.807) is 0 Å². The van der Waals surface area contributed by atoms with Gasteiger partial charge in [0, 0.05) is 0 Å². The van der Waals surface area contributed by atoms with Crippen molar-refractivity contribution < 1.29 is 4.79 Å². The summed E-state index contributed by atoms with van der Waals surface area (Å²) in [7, 11) is 0. The minimum atomic E-state index is -0.608. The second-order valence-corrected chi connectivity index (χ2v) is 10.3. The summed E-state index contributed by atoms with van der Waals surface area (Å²) in [6, 6.07) is 16.2. The number of hydrogen-bond acceptors (Lipinski definition) is 5. The Kier molecular flexibility index (Phi) is 6.42. The molecule has 2 aromatic heterocycles. The molecule has 5 nitrogen and oxygen atoms in total. The quantitative estimate of drug-likeness (QED) is 0.430. The first kappa shape index (κ1) is 20.5. The van der Waals surface area contributed by atoms with E-state index in [2.05, 4.69) is 34.9 Å². The van der Waals surface area contributed by atoms with Crippen LogP contribution in [0.4, 0.5) is 0 Å². The molecule has 1 aromatic carbocycles. The van der Waals surface area contributed by atoms with Crippen LogP contribution in [0, 0.1) is 13.8 Å². The fourth-order valence-electron chi connectivity index (χ4n) is 3.92. The van der Waals surface area contributed by atoms with Crippen molar-refractivity contribution in [1.29, 1.82) is 0 Å². The second-order valence-electron chi connectivity index (χ2n) is 7.67. The van der Waals surface area contributed by atoms with Crippen LogP contribution in [0.25, 0.3) is 5.70 Å². The Bertz CT molecular complexity index is 1080. The zero-order valence-electron chi connectivity index (χ0n) is 17.3. The topological polar surface area (TPSA) is 59.0 Å². The molecule has 0 spiro atoms. The number of pyridine rings is 1. The summed E-state index contributed by atoms with van der Waals surface area (Å²) >= 11 is -0.608. The first-order valence-corrected chi connectivity index (χ1v) is 12.3. The van der Waals surface area contributed by atoms with Crippen molar-refractivity contribution in [2.75, 3.05) is 13.1 Å². The van der Waals surface area contributed by atoms with Crippen molar-refractivity contribution >= 4 is 36.4 Å². The van der Waals surface area contributed by atoms with Gasteiger partial charge >= 0.3 is 184 Å². The molecule has 0 radical (unpaired) electrons. The van der Waals surface area contributed by atoms with Crippen LogP contribution in [0.3, 0.4) is 0 Å². The van der Waals surface area contributed by atoms with Crippen LogP contribution in [-0.2, 0) is 4.79 Å². The number of nitrogens with zero attached hydrogens (tertiary/aromatic N) is 4. The molecule has 0 saturated carbocycles. The summed E-state index contributed by atoms with van der Waals surface area (Å²) in [5.74, 6) is 3.27. The van der Waals surface area contributed by atoms with Gasteiger partial charge in [0.1, 0.15) is 0 Å². The first-order chi connectivity index (χ1) is 14.6. The number of carbonyl (C=O) groups excluding carboxylic acids is 1. The number of benzene rings is 1. The average Bonchev–Trinajstić information content (AvgIpc) is 2.75. The number of piperidine rings is 1. The van der Waals surface area contributed by atoms with Gasteiger partial charge in [-0.3, -0.25) is 0 Å². The molecule has 3 heterocycles. The van der Waals surface area contributed by atoms with E-state index < -0.39 is 15.8 Å². The summed E-state index contributed by atoms with van der Waals surface area (Å²) in [5, 5.41) is 0. The molecule has 0 bridgehead atoms. The van der Waals surface area contributed by atoms with Crippen LogP contribution in [0.2, 0.25) is 0 Å². The van der Waals surface area contributed by atoms with Crippen LogP contribution in [0.5, 0.6) is 0 Å². The standard InChI is InChI=1S/C24H25AsN4O/c1-17-10-11-26-23(13-17)25-24-14-21(27-18(2)28-24)20-9-6-12-29(15-20)22(16-30)19-7-4-3-5-8-19/h3-5,7-8,10-11,13-14,20,25H,6,9,12,15H2,1-2H3. The fraction of sp³-hybridized carbons (Fsp3) is 0.292. The van der Waals surface area contributed by atoms with E-state index in [9.17, 15) is 4.79 Å². The van der Waals surface area contributed by atoms with E-state index in [1.165, 1.54) is 5.56 Å². The predicted molar refractivity (Wildman–Crippen MR) is 121 cm³/mol. The molecular formula is C24H25AsN4O. The van der Waals surface area contributed by atoms with E-state index >= 15 is 0 Å². The Morgan fingerprint density at radius 1 is 1.10 bits per heavy atom. The van der Waals surface area contributed by atoms with Gasteiger partial charge in [-0.15, -0.1) is 0 Å². The van der Waals surface area contributed by atoms with E-state index in [0.29, 0.717) is 5.70 Å². The molecule has 2 atom stereocenters. The van der Waals surface area contributed by atoms with Crippen molar-refractivity contribution in [2.24, 2.45) is 0 Å². The summed E-state index contributed by atoms with van der Waals surface area (Å²) in [6.07, 6.45) is 3.96. The summed E-state index contributed by atoms with van der Waals surface area (Å²) in [5.41, 5.74) is 3.87. The third kappa shape index (κ3) is 4.87.